The fourth-order valence-corrected chi connectivity index (χ4v) is 3.25. The summed E-state index contributed by atoms with van der Waals surface area (Å²) in [6.07, 6.45) is -0.303. The van der Waals surface area contributed by atoms with Crippen molar-refractivity contribution in [2.24, 2.45) is 0 Å². The molecule has 1 aliphatic rings. The number of rotatable bonds is 2. The first kappa shape index (κ1) is 19.8. The Hall–Kier alpha value is -1.99. The van der Waals surface area contributed by atoms with E-state index in [1.54, 1.807) is 17.0 Å². The highest BCUT2D eigenvalue weighted by Crippen LogP contribution is 2.36. The molecule has 1 aromatic heterocycles. The number of nitrogens with zero attached hydrogens (tertiary/aromatic N) is 4. The Bertz CT molecular complexity index is 862. The first-order chi connectivity index (χ1) is 12.7. The molecule has 7 nitrogen and oxygen atoms in total. The number of anilines is 1. The van der Waals surface area contributed by atoms with Gasteiger partial charge in [-0.3, -0.25) is 0 Å². The van der Waals surface area contributed by atoms with Crippen LogP contribution in [0.3, 0.4) is 0 Å². The average Bonchev–Trinajstić information content (AvgIpc) is 2.60. The number of methoxy groups -OCH3 is 1. The molecule has 0 bridgehead atoms. The molecule has 0 aliphatic carbocycles. The van der Waals surface area contributed by atoms with E-state index in [9.17, 15) is 4.79 Å². The zero-order valence-corrected chi connectivity index (χ0v) is 17.3. The number of fused-ring (bicyclic) bond motifs is 1. The largest absolute Gasteiger partial charge is 0.479 e. The second-order valence-corrected chi connectivity index (χ2v) is 8.11. The highest BCUT2D eigenvalue weighted by Gasteiger charge is 2.27. The molecule has 0 atom stereocenters. The second-order valence-electron chi connectivity index (χ2n) is 7.30. The fourth-order valence-electron chi connectivity index (χ4n) is 2.92. The highest BCUT2D eigenvalue weighted by atomic mass is 35.5. The Morgan fingerprint density at radius 2 is 1.63 bits per heavy atom. The first-order valence-electron chi connectivity index (χ1n) is 8.62. The van der Waals surface area contributed by atoms with Crippen LogP contribution in [0, 0.1) is 0 Å². The third kappa shape index (κ3) is 4.30. The van der Waals surface area contributed by atoms with Gasteiger partial charge in [0.2, 0.25) is 5.88 Å². The highest BCUT2D eigenvalue weighted by molar-refractivity contribution is 6.43. The molecule has 1 aromatic carbocycles. The van der Waals surface area contributed by atoms with Crippen LogP contribution in [0.4, 0.5) is 10.6 Å². The van der Waals surface area contributed by atoms with Crippen molar-refractivity contribution < 1.29 is 14.3 Å². The van der Waals surface area contributed by atoms with Gasteiger partial charge in [-0.05, 0) is 32.9 Å². The van der Waals surface area contributed by atoms with Gasteiger partial charge in [-0.25, -0.2) is 4.79 Å². The summed E-state index contributed by atoms with van der Waals surface area (Å²) in [6, 6.07) is 3.50. The van der Waals surface area contributed by atoms with Crippen LogP contribution < -0.4 is 9.64 Å². The molecule has 0 N–H and O–H groups in total. The van der Waals surface area contributed by atoms with Crippen LogP contribution in [0.1, 0.15) is 20.8 Å². The molecule has 1 aliphatic heterocycles. The topological polar surface area (TPSA) is 67.8 Å². The minimum atomic E-state index is -0.512. The lowest BCUT2D eigenvalue weighted by molar-refractivity contribution is 0.0240. The van der Waals surface area contributed by atoms with Gasteiger partial charge >= 0.3 is 6.09 Å². The van der Waals surface area contributed by atoms with Crippen molar-refractivity contribution in [1.82, 2.24) is 15.1 Å². The van der Waals surface area contributed by atoms with Gasteiger partial charge in [0, 0.05) is 31.6 Å². The van der Waals surface area contributed by atoms with Gasteiger partial charge in [-0.15, -0.1) is 10.2 Å². The van der Waals surface area contributed by atoms with E-state index >= 15 is 0 Å². The van der Waals surface area contributed by atoms with E-state index in [0.717, 1.165) is 10.8 Å². The van der Waals surface area contributed by atoms with Crippen molar-refractivity contribution in [3.05, 3.63) is 22.2 Å². The number of aromatic nitrogens is 2. The number of benzene rings is 1. The normalized spacial score (nSPS) is 15.2. The first-order valence-corrected chi connectivity index (χ1v) is 9.37. The van der Waals surface area contributed by atoms with E-state index < -0.39 is 5.60 Å². The molecule has 27 heavy (non-hydrogen) atoms. The van der Waals surface area contributed by atoms with Crippen molar-refractivity contribution in [1.29, 1.82) is 0 Å². The Labute approximate surface area is 168 Å². The van der Waals surface area contributed by atoms with Crippen LogP contribution in [0.15, 0.2) is 12.1 Å². The Morgan fingerprint density at radius 1 is 1.04 bits per heavy atom. The molecule has 0 radical (unpaired) electrons. The molecule has 0 spiro atoms. The number of piperazine rings is 1. The van der Waals surface area contributed by atoms with Crippen LogP contribution in [0.5, 0.6) is 5.88 Å². The smallest absolute Gasteiger partial charge is 0.410 e. The van der Waals surface area contributed by atoms with Crippen molar-refractivity contribution >= 4 is 45.9 Å². The lowest BCUT2D eigenvalue weighted by Gasteiger charge is -2.36. The minimum Gasteiger partial charge on any atom is -0.479 e. The van der Waals surface area contributed by atoms with E-state index in [0.29, 0.717) is 47.9 Å². The number of amides is 1. The maximum absolute atomic E-state index is 12.2. The standard InChI is InChI=1S/C18H22Cl2N4O3/c1-18(2,3)27-17(25)24-7-5-23(6-8-24)15-11-9-13(19)14(20)10-12(11)16(26-4)22-21-15/h9-10H,5-8H2,1-4H3. The van der Waals surface area contributed by atoms with Gasteiger partial charge in [0.05, 0.1) is 22.5 Å². The van der Waals surface area contributed by atoms with E-state index in [1.165, 1.54) is 7.11 Å². The minimum absolute atomic E-state index is 0.303. The summed E-state index contributed by atoms with van der Waals surface area (Å²) in [5, 5.41) is 10.9. The maximum Gasteiger partial charge on any atom is 0.410 e. The summed E-state index contributed by atoms with van der Waals surface area (Å²) in [6.45, 7) is 7.85. The van der Waals surface area contributed by atoms with E-state index in [1.807, 2.05) is 20.8 Å². The molecular formula is C18H22Cl2N4O3. The van der Waals surface area contributed by atoms with Crippen LogP contribution in [-0.2, 0) is 4.74 Å². The van der Waals surface area contributed by atoms with Crippen LogP contribution >= 0.6 is 23.2 Å². The average molecular weight is 413 g/mol. The Morgan fingerprint density at radius 3 is 2.19 bits per heavy atom. The summed E-state index contributed by atoms with van der Waals surface area (Å²) in [5.74, 6) is 1.08. The quantitative estimate of drug-likeness (QED) is 0.742. The zero-order valence-electron chi connectivity index (χ0n) is 15.8. The zero-order chi connectivity index (χ0) is 19.8. The number of hydrogen-bond acceptors (Lipinski definition) is 6. The molecule has 146 valence electrons. The number of halogens is 2. The molecular weight excluding hydrogens is 391 g/mol. The van der Waals surface area contributed by atoms with Crippen molar-refractivity contribution in [3.63, 3.8) is 0 Å². The molecule has 0 unspecified atom stereocenters. The number of hydrogen-bond donors (Lipinski definition) is 0. The third-order valence-electron chi connectivity index (χ3n) is 4.19. The Kier molecular flexibility index (Phi) is 5.53. The molecule has 3 rings (SSSR count). The van der Waals surface area contributed by atoms with Gasteiger partial charge < -0.3 is 19.3 Å². The van der Waals surface area contributed by atoms with Gasteiger partial charge in [0.1, 0.15) is 5.60 Å². The van der Waals surface area contributed by atoms with E-state index in [4.69, 9.17) is 32.7 Å². The number of ether oxygens (including phenoxy) is 2. The predicted octanol–water partition coefficient (Wildman–Crippen LogP) is 4.00. The van der Waals surface area contributed by atoms with E-state index in [-0.39, 0.29) is 6.09 Å². The summed E-state index contributed by atoms with van der Waals surface area (Å²) in [7, 11) is 1.53. The fraction of sp³-hybridized carbons (Fsp3) is 0.500. The molecule has 1 saturated heterocycles. The lowest BCUT2D eigenvalue weighted by Crippen LogP contribution is -2.50. The van der Waals surface area contributed by atoms with Crippen molar-refractivity contribution in [2.45, 2.75) is 26.4 Å². The lowest BCUT2D eigenvalue weighted by atomic mass is 10.1. The van der Waals surface area contributed by atoms with Crippen molar-refractivity contribution in [3.8, 4) is 5.88 Å². The predicted molar refractivity (Wildman–Crippen MR) is 106 cm³/mol. The summed E-state index contributed by atoms with van der Waals surface area (Å²) in [4.78, 5) is 16.0. The van der Waals surface area contributed by atoms with Crippen LogP contribution in [0.25, 0.3) is 10.8 Å². The summed E-state index contributed by atoms with van der Waals surface area (Å²) < 4.78 is 10.7. The number of carbonyl (C=O) groups excluding carboxylic acids is 1. The van der Waals surface area contributed by atoms with Gasteiger partial charge in [-0.2, -0.15) is 0 Å². The molecule has 2 aromatic rings. The Balaban J connectivity index is 1.83. The van der Waals surface area contributed by atoms with E-state index in [2.05, 4.69) is 15.1 Å². The molecule has 1 fully saturated rings. The monoisotopic (exact) mass is 412 g/mol. The summed E-state index contributed by atoms with van der Waals surface area (Å²) in [5.41, 5.74) is -0.512. The molecule has 0 saturated carbocycles. The molecule has 9 heteroatoms. The van der Waals surface area contributed by atoms with Gasteiger partial charge in [0.15, 0.2) is 5.82 Å². The summed E-state index contributed by atoms with van der Waals surface area (Å²) >= 11 is 12.4. The second kappa shape index (κ2) is 7.56. The SMILES string of the molecule is COc1nnc(N2CCN(C(=O)OC(C)(C)C)CC2)c2cc(Cl)c(Cl)cc12. The third-order valence-corrected chi connectivity index (χ3v) is 4.91. The number of carbonyl (C=O) groups is 1. The van der Waals surface area contributed by atoms with Crippen molar-refractivity contribution in [2.75, 3.05) is 38.2 Å². The maximum atomic E-state index is 12.2. The molecule has 1 amide bonds. The molecule has 2 heterocycles. The van der Waals surface area contributed by atoms with Crippen LogP contribution in [0.2, 0.25) is 10.0 Å². The van der Waals surface area contributed by atoms with Crippen LogP contribution in [-0.4, -0.2) is 60.1 Å². The van der Waals surface area contributed by atoms with Gasteiger partial charge in [0.25, 0.3) is 0 Å². The van der Waals surface area contributed by atoms with Gasteiger partial charge in [-0.1, -0.05) is 23.2 Å².